The minimum absolute atomic E-state index is 0.402. The summed E-state index contributed by atoms with van der Waals surface area (Å²) in [5.41, 5.74) is 2.17. The summed E-state index contributed by atoms with van der Waals surface area (Å²) < 4.78 is 10.3. The molecule has 0 unspecified atom stereocenters. The van der Waals surface area contributed by atoms with E-state index in [4.69, 9.17) is 9.15 Å². The van der Waals surface area contributed by atoms with Crippen molar-refractivity contribution in [2.45, 2.75) is 0 Å². The first kappa shape index (κ1) is 15.6. The molecule has 1 N–H and O–H groups in total. The molecule has 0 radical (unpaired) electrons. The van der Waals surface area contributed by atoms with Gasteiger partial charge in [0, 0.05) is 23.5 Å². The zero-order valence-corrected chi connectivity index (χ0v) is 13.2. The standard InChI is InChI=1S/C20H17NO3/c1-23-18-11-8-16(9-12-18)21-17-13-19(24-20(22)14-17)10-7-15-5-3-2-4-6-15/h2-14,21H,1H3/b10-7+. The van der Waals surface area contributed by atoms with Gasteiger partial charge >= 0.3 is 5.63 Å². The Morgan fingerprint density at radius 3 is 2.38 bits per heavy atom. The fourth-order valence-corrected chi connectivity index (χ4v) is 2.23. The highest BCUT2D eigenvalue weighted by Gasteiger charge is 2.01. The van der Waals surface area contributed by atoms with E-state index in [2.05, 4.69) is 5.32 Å². The smallest absolute Gasteiger partial charge is 0.338 e. The largest absolute Gasteiger partial charge is 0.497 e. The first-order valence-electron chi connectivity index (χ1n) is 7.52. The van der Waals surface area contributed by atoms with Crippen LogP contribution in [0.4, 0.5) is 11.4 Å². The lowest BCUT2D eigenvalue weighted by Gasteiger charge is -2.07. The molecule has 0 saturated heterocycles. The molecule has 2 aromatic carbocycles. The summed E-state index contributed by atoms with van der Waals surface area (Å²) in [5, 5.41) is 3.19. The molecule has 0 atom stereocenters. The van der Waals surface area contributed by atoms with Gasteiger partial charge in [0.05, 0.1) is 7.11 Å². The molecule has 0 bridgehead atoms. The number of benzene rings is 2. The number of hydrogen-bond acceptors (Lipinski definition) is 4. The second-order valence-electron chi connectivity index (χ2n) is 5.17. The summed E-state index contributed by atoms with van der Waals surface area (Å²) in [4.78, 5) is 11.8. The minimum Gasteiger partial charge on any atom is -0.497 e. The summed E-state index contributed by atoms with van der Waals surface area (Å²) >= 11 is 0. The topological polar surface area (TPSA) is 51.5 Å². The number of ether oxygens (including phenoxy) is 1. The van der Waals surface area contributed by atoms with Crippen LogP contribution >= 0.6 is 0 Å². The SMILES string of the molecule is COc1ccc(Nc2cc(/C=C/c3ccccc3)oc(=O)c2)cc1. The maximum atomic E-state index is 11.8. The van der Waals surface area contributed by atoms with Crippen molar-refractivity contribution in [3.8, 4) is 5.75 Å². The van der Waals surface area contributed by atoms with E-state index >= 15 is 0 Å². The van der Waals surface area contributed by atoms with Crippen LogP contribution in [-0.2, 0) is 0 Å². The molecule has 24 heavy (non-hydrogen) atoms. The summed E-state index contributed by atoms with van der Waals surface area (Å²) in [5.74, 6) is 1.27. The van der Waals surface area contributed by atoms with Crippen molar-refractivity contribution in [3.05, 3.63) is 88.5 Å². The predicted molar refractivity (Wildman–Crippen MR) is 96.6 cm³/mol. The van der Waals surface area contributed by atoms with Crippen LogP contribution in [0.15, 0.2) is 75.9 Å². The maximum Gasteiger partial charge on any atom is 0.338 e. The van der Waals surface area contributed by atoms with Crippen LogP contribution in [0.5, 0.6) is 5.75 Å². The van der Waals surface area contributed by atoms with E-state index in [1.54, 1.807) is 19.3 Å². The molecule has 3 rings (SSSR count). The molecule has 0 saturated carbocycles. The summed E-state index contributed by atoms with van der Waals surface area (Å²) in [6.45, 7) is 0. The van der Waals surface area contributed by atoms with Crippen molar-refractivity contribution in [1.82, 2.24) is 0 Å². The Hall–Kier alpha value is -3.27. The van der Waals surface area contributed by atoms with Crippen LogP contribution in [0.3, 0.4) is 0 Å². The van der Waals surface area contributed by atoms with E-state index in [0.717, 1.165) is 17.0 Å². The summed E-state index contributed by atoms with van der Waals surface area (Å²) in [7, 11) is 1.62. The van der Waals surface area contributed by atoms with Gasteiger partial charge < -0.3 is 14.5 Å². The normalized spacial score (nSPS) is 10.7. The van der Waals surface area contributed by atoms with E-state index in [1.165, 1.54) is 6.07 Å². The first-order valence-corrected chi connectivity index (χ1v) is 7.52. The molecule has 0 aliphatic rings. The molecule has 4 nitrogen and oxygen atoms in total. The third kappa shape index (κ3) is 4.14. The quantitative estimate of drug-likeness (QED) is 0.749. The molecule has 0 aliphatic heterocycles. The van der Waals surface area contributed by atoms with Crippen LogP contribution in [0.25, 0.3) is 12.2 Å². The van der Waals surface area contributed by atoms with E-state index in [9.17, 15) is 4.79 Å². The summed E-state index contributed by atoms with van der Waals surface area (Å²) in [6.07, 6.45) is 3.67. The molecule has 1 aromatic heterocycles. The van der Waals surface area contributed by atoms with Crippen molar-refractivity contribution in [2.75, 3.05) is 12.4 Å². The van der Waals surface area contributed by atoms with E-state index in [1.807, 2.05) is 60.7 Å². The van der Waals surface area contributed by atoms with Crippen molar-refractivity contribution in [1.29, 1.82) is 0 Å². The third-order valence-corrected chi connectivity index (χ3v) is 3.41. The average molecular weight is 319 g/mol. The number of anilines is 2. The lowest BCUT2D eigenvalue weighted by molar-refractivity contribution is 0.415. The van der Waals surface area contributed by atoms with Crippen LogP contribution in [0.1, 0.15) is 11.3 Å². The average Bonchev–Trinajstić information content (AvgIpc) is 2.61. The molecule has 120 valence electrons. The first-order chi connectivity index (χ1) is 11.7. The second-order valence-corrected chi connectivity index (χ2v) is 5.17. The fraction of sp³-hybridized carbons (Fsp3) is 0.0500. The van der Waals surface area contributed by atoms with E-state index < -0.39 is 5.63 Å². The predicted octanol–water partition coefficient (Wildman–Crippen LogP) is 4.56. The Balaban J connectivity index is 1.80. The van der Waals surface area contributed by atoms with Gasteiger partial charge in [0.2, 0.25) is 0 Å². The maximum absolute atomic E-state index is 11.8. The Morgan fingerprint density at radius 2 is 1.67 bits per heavy atom. The van der Waals surface area contributed by atoms with Gasteiger partial charge in [-0.1, -0.05) is 36.4 Å². The lowest BCUT2D eigenvalue weighted by Crippen LogP contribution is -2.01. The van der Waals surface area contributed by atoms with Gasteiger partial charge in [-0.05, 0) is 35.9 Å². The molecule has 4 heteroatoms. The highest BCUT2D eigenvalue weighted by atomic mass is 16.5. The second kappa shape index (κ2) is 7.33. The lowest BCUT2D eigenvalue weighted by atomic mass is 10.2. The third-order valence-electron chi connectivity index (χ3n) is 3.41. The van der Waals surface area contributed by atoms with Crippen LogP contribution in [-0.4, -0.2) is 7.11 Å². The molecule has 3 aromatic rings. The van der Waals surface area contributed by atoms with Gasteiger partial charge in [-0.15, -0.1) is 0 Å². The highest BCUT2D eigenvalue weighted by Crippen LogP contribution is 2.20. The number of hydrogen-bond donors (Lipinski definition) is 1. The molecule has 0 amide bonds. The zero-order valence-electron chi connectivity index (χ0n) is 13.2. The fourth-order valence-electron chi connectivity index (χ4n) is 2.23. The van der Waals surface area contributed by atoms with Crippen LogP contribution in [0, 0.1) is 0 Å². The van der Waals surface area contributed by atoms with Crippen LogP contribution < -0.4 is 15.7 Å². The van der Waals surface area contributed by atoms with Crippen molar-refractivity contribution in [3.63, 3.8) is 0 Å². The van der Waals surface area contributed by atoms with Gasteiger partial charge in [0.15, 0.2) is 0 Å². The van der Waals surface area contributed by atoms with Crippen molar-refractivity contribution in [2.24, 2.45) is 0 Å². The van der Waals surface area contributed by atoms with Crippen molar-refractivity contribution < 1.29 is 9.15 Å². The van der Waals surface area contributed by atoms with Gasteiger partial charge in [-0.25, -0.2) is 4.79 Å². The monoisotopic (exact) mass is 319 g/mol. The van der Waals surface area contributed by atoms with E-state index in [0.29, 0.717) is 11.4 Å². The number of rotatable bonds is 5. The zero-order chi connectivity index (χ0) is 16.8. The van der Waals surface area contributed by atoms with Crippen LogP contribution in [0.2, 0.25) is 0 Å². The molecule has 0 aliphatic carbocycles. The summed E-state index contributed by atoms with van der Waals surface area (Å²) in [6, 6.07) is 20.5. The molecule has 0 fully saturated rings. The number of methoxy groups -OCH3 is 1. The van der Waals surface area contributed by atoms with Gasteiger partial charge in [0.1, 0.15) is 11.5 Å². The Labute approximate surface area is 140 Å². The van der Waals surface area contributed by atoms with E-state index in [-0.39, 0.29) is 0 Å². The molecule has 1 heterocycles. The molecular weight excluding hydrogens is 302 g/mol. The van der Waals surface area contributed by atoms with Gasteiger partial charge in [-0.2, -0.15) is 0 Å². The molecular formula is C20H17NO3. The molecule has 0 spiro atoms. The Morgan fingerprint density at radius 1 is 0.917 bits per heavy atom. The number of nitrogens with one attached hydrogen (secondary N) is 1. The van der Waals surface area contributed by atoms with Gasteiger partial charge in [0.25, 0.3) is 0 Å². The van der Waals surface area contributed by atoms with Gasteiger partial charge in [-0.3, -0.25) is 0 Å². The minimum atomic E-state index is -0.402. The Bertz CT molecular complexity index is 881. The van der Waals surface area contributed by atoms with Crippen molar-refractivity contribution >= 4 is 23.5 Å². The highest BCUT2D eigenvalue weighted by molar-refractivity contribution is 5.69. The Kier molecular flexibility index (Phi) is 4.77.